The van der Waals surface area contributed by atoms with Crippen molar-refractivity contribution in [1.29, 1.82) is 0 Å². The van der Waals surface area contributed by atoms with Crippen LogP contribution in [0.3, 0.4) is 0 Å². The second-order valence-corrected chi connectivity index (χ2v) is 4.86. The van der Waals surface area contributed by atoms with E-state index in [0.717, 1.165) is 14.7 Å². The van der Waals surface area contributed by atoms with E-state index >= 15 is 0 Å². The van der Waals surface area contributed by atoms with E-state index in [1.54, 1.807) is 12.4 Å². The second-order valence-electron chi connectivity index (χ2n) is 2.71. The van der Waals surface area contributed by atoms with Gasteiger partial charge in [0.05, 0.1) is 4.47 Å². The molecule has 4 nitrogen and oxygen atoms in total. The highest BCUT2D eigenvalue weighted by Gasteiger charge is 2.08. The molecule has 78 valence electrons. The van der Waals surface area contributed by atoms with E-state index in [4.69, 9.17) is 11.6 Å². The van der Waals surface area contributed by atoms with Gasteiger partial charge in [0.25, 0.3) is 0 Å². The zero-order chi connectivity index (χ0) is 10.8. The molecular weight excluding hydrogens is 300 g/mol. The van der Waals surface area contributed by atoms with E-state index in [-0.39, 0.29) is 5.28 Å². The van der Waals surface area contributed by atoms with Gasteiger partial charge in [-0.3, -0.25) is 0 Å². The minimum absolute atomic E-state index is 0.231. The number of hydrogen-bond donors (Lipinski definition) is 0. The Morgan fingerprint density at radius 3 is 2.93 bits per heavy atom. The Morgan fingerprint density at radius 2 is 2.27 bits per heavy atom. The maximum Gasteiger partial charge on any atom is 0.223 e. The predicted molar refractivity (Wildman–Crippen MR) is 62.1 cm³/mol. The van der Waals surface area contributed by atoms with Crippen molar-refractivity contribution in [3.63, 3.8) is 0 Å². The third-order valence-electron chi connectivity index (χ3n) is 1.65. The van der Waals surface area contributed by atoms with Gasteiger partial charge in [0.15, 0.2) is 5.16 Å². The molecule has 0 fully saturated rings. The van der Waals surface area contributed by atoms with Crippen LogP contribution in [0.4, 0.5) is 0 Å². The first-order valence-electron chi connectivity index (χ1n) is 4.00. The lowest BCUT2D eigenvalue weighted by Crippen LogP contribution is -1.91. The van der Waals surface area contributed by atoms with Gasteiger partial charge in [-0.1, -0.05) is 0 Å². The molecule has 2 aromatic heterocycles. The molecule has 15 heavy (non-hydrogen) atoms. The Hall–Kier alpha value is -0.590. The summed E-state index contributed by atoms with van der Waals surface area (Å²) < 4.78 is 2.72. The molecule has 0 radical (unpaired) electrons. The lowest BCUT2D eigenvalue weighted by Gasteiger charge is -2.02. The van der Waals surface area contributed by atoms with Gasteiger partial charge in [0.1, 0.15) is 5.03 Å². The van der Waals surface area contributed by atoms with Crippen LogP contribution in [0.25, 0.3) is 0 Å². The quantitative estimate of drug-likeness (QED) is 0.632. The lowest BCUT2D eigenvalue weighted by atomic mass is 10.7. The Kier molecular flexibility index (Phi) is 3.28. The Labute approximate surface area is 104 Å². The molecule has 2 rings (SSSR count). The highest BCUT2D eigenvalue weighted by atomic mass is 79.9. The van der Waals surface area contributed by atoms with E-state index in [2.05, 4.69) is 30.9 Å². The molecule has 0 aliphatic carbocycles. The summed E-state index contributed by atoms with van der Waals surface area (Å²) in [5.41, 5.74) is 0. The van der Waals surface area contributed by atoms with Crippen LogP contribution in [0.1, 0.15) is 0 Å². The molecule has 2 aromatic rings. The standard InChI is InChI=1S/C8H6BrClN4S/c1-14-3-2-11-8(14)15-6-5(9)4-12-7(10)13-6/h2-4H,1H3. The molecule has 0 aliphatic heterocycles. The number of aromatic nitrogens is 4. The van der Waals surface area contributed by atoms with Gasteiger partial charge in [-0.05, 0) is 39.3 Å². The van der Waals surface area contributed by atoms with E-state index in [0.29, 0.717) is 0 Å². The molecule has 0 spiro atoms. The average Bonchev–Trinajstić information content (AvgIpc) is 2.58. The molecular formula is C8H6BrClN4S. The smallest absolute Gasteiger partial charge is 0.223 e. The van der Waals surface area contributed by atoms with Crippen LogP contribution in [0.2, 0.25) is 5.28 Å². The van der Waals surface area contributed by atoms with Crippen molar-refractivity contribution in [1.82, 2.24) is 19.5 Å². The topological polar surface area (TPSA) is 43.6 Å². The van der Waals surface area contributed by atoms with Crippen LogP contribution in [0.15, 0.2) is 33.2 Å². The molecule has 0 aliphatic rings. The molecule has 0 N–H and O–H groups in total. The Bertz CT molecular complexity index is 487. The minimum Gasteiger partial charge on any atom is -0.329 e. The van der Waals surface area contributed by atoms with Gasteiger partial charge < -0.3 is 4.57 Å². The van der Waals surface area contributed by atoms with E-state index in [1.165, 1.54) is 11.8 Å². The van der Waals surface area contributed by atoms with Crippen molar-refractivity contribution in [2.45, 2.75) is 10.2 Å². The number of aryl methyl sites for hydroxylation is 1. The normalized spacial score (nSPS) is 10.6. The van der Waals surface area contributed by atoms with Crippen LogP contribution in [0.5, 0.6) is 0 Å². The van der Waals surface area contributed by atoms with Gasteiger partial charge in [-0.15, -0.1) is 0 Å². The number of nitrogens with zero attached hydrogens (tertiary/aromatic N) is 4. The number of hydrogen-bond acceptors (Lipinski definition) is 4. The number of imidazole rings is 1. The van der Waals surface area contributed by atoms with Crippen molar-refractivity contribution >= 4 is 39.3 Å². The molecule has 0 aromatic carbocycles. The maximum absolute atomic E-state index is 5.71. The van der Waals surface area contributed by atoms with Crippen LogP contribution >= 0.6 is 39.3 Å². The van der Waals surface area contributed by atoms with Gasteiger partial charge in [0, 0.05) is 25.6 Å². The van der Waals surface area contributed by atoms with Crippen LogP contribution < -0.4 is 0 Å². The monoisotopic (exact) mass is 304 g/mol. The fraction of sp³-hybridized carbons (Fsp3) is 0.125. The third kappa shape index (κ3) is 2.50. The summed E-state index contributed by atoms with van der Waals surface area (Å²) in [4.78, 5) is 12.1. The zero-order valence-electron chi connectivity index (χ0n) is 7.69. The Balaban J connectivity index is 2.32. The lowest BCUT2D eigenvalue weighted by molar-refractivity contribution is 0.788. The first-order chi connectivity index (χ1) is 7.16. The third-order valence-corrected chi connectivity index (χ3v) is 3.75. The predicted octanol–water partition coefficient (Wildman–Crippen LogP) is 2.78. The summed E-state index contributed by atoms with van der Waals surface area (Å²) in [6.45, 7) is 0. The molecule has 0 saturated carbocycles. The second kappa shape index (κ2) is 4.51. The van der Waals surface area contributed by atoms with E-state index in [9.17, 15) is 0 Å². The number of rotatable bonds is 2. The highest BCUT2D eigenvalue weighted by Crippen LogP contribution is 2.30. The molecule has 2 heterocycles. The summed E-state index contributed by atoms with van der Waals surface area (Å²) >= 11 is 10.5. The molecule has 0 saturated heterocycles. The summed E-state index contributed by atoms with van der Waals surface area (Å²) in [7, 11) is 1.92. The first-order valence-corrected chi connectivity index (χ1v) is 5.99. The van der Waals surface area contributed by atoms with Gasteiger partial charge in [0.2, 0.25) is 5.28 Å². The molecule has 0 bridgehead atoms. The summed E-state index contributed by atoms with van der Waals surface area (Å²) in [6.07, 6.45) is 5.23. The fourth-order valence-corrected chi connectivity index (χ4v) is 2.33. The fourth-order valence-electron chi connectivity index (χ4n) is 0.940. The average molecular weight is 306 g/mol. The van der Waals surface area contributed by atoms with Gasteiger partial charge in [-0.2, -0.15) is 0 Å². The minimum atomic E-state index is 0.231. The summed E-state index contributed by atoms with van der Waals surface area (Å²) in [5, 5.41) is 1.84. The van der Waals surface area contributed by atoms with Crippen LogP contribution in [-0.4, -0.2) is 19.5 Å². The molecule has 0 atom stereocenters. The molecule has 0 unspecified atom stereocenters. The van der Waals surface area contributed by atoms with Crippen molar-refractivity contribution in [2.24, 2.45) is 7.05 Å². The zero-order valence-corrected chi connectivity index (χ0v) is 10.8. The summed E-state index contributed by atoms with van der Waals surface area (Å²) in [6, 6.07) is 0. The van der Waals surface area contributed by atoms with Crippen LogP contribution in [-0.2, 0) is 7.05 Å². The van der Waals surface area contributed by atoms with Crippen molar-refractivity contribution < 1.29 is 0 Å². The SMILES string of the molecule is Cn1ccnc1Sc1nc(Cl)ncc1Br. The van der Waals surface area contributed by atoms with Crippen molar-refractivity contribution in [3.05, 3.63) is 28.3 Å². The maximum atomic E-state index is 5.71. The van der Waals surface area contributed by atoms with Gasteiger partial charge >= 0.3 is 0 Å². The van der Waals surface area contributed by atoms with E-state index in [1.807, 2.05) is 17.8 Å². The van der Waals surface area contributed by atoms with E-state index < -0.39 is 0 Å². The molecule has 0 amide bonds. The van der Waals surface area contributed by atoms with Crippen molar-refractivity contribution in [3.8, 4) is 0 Å². The van der Waals surface area contributed by atoms with Crippen molar-refractivity contribution in [2.75, 3.05) is 0 Å². The largest absolute Gasteiger partial charge is 0.329 e. The summed E-state index contributed by atoms with van der Waals surface area (Å²) in [5.74, 6) is 0. The van der Waals surface area contributed by atoms with Crippen LogP contribution in [0, 0.1) is 0 Å². The highest BCUT2D eigenvalue weighted by molar-refractivity contribution is 9.10. The molecule has 7 heteroatoms. The Morgan fingerprint density at radius 1 is 1.47 bits per heavy atom. The number of halogens is 2. The first kappa shape index (κ1) is 10.9. The van der Waals surface area contributed by atoms with Gasteiger partial charge in [-0.25, -0.2) is 15.0 Å².